The topological polar surface area (TPSA) is 115 Å². The molecule has 2 heterocycles. The number of anilines is 2. The zero-order valence-electron chi connectivity index (χ0n) is 13.5. The van der Waals surface area contributed by atoms with Crippen LogP contribution >= 0.6 is 11.3 Å². The van der Waals surface area contributed by atoms with Crippen LogP contribution in [0.4, 0.5) is 15.9 Å². The third-order valence-corrected chi connectivity index (χ3v) is 4.27. The van der Waals surface area contributed by atoms with E-state index in [9.17, 15) is 14.0 Å². The summed E-state index contributed by atoms with van der Waals surface area (Å²) in [6.07, 6.45) is 0. The first kappa shape index (κ1) is 17.5. The van der Waals surface area contributed by atoms with Crippen LogP contribution in [0.2, 0.25) is 0 Å². The average molecular weight is 374 g/mol. The van der Waals surface area contributed by atoms with Gasteiger partial charge in [-0.1, -0.05) is 17.3 Å². The molecule has 10 heteroatoms. The molecule has 0 atom stereocenters. The van der Waals surface area contributed by atoms with Crippen LogP contribution in [0.1, 0.15) is 15.4 Å². The van der Waals surface area contributed by atoms with E-state index in [-0.39, 0.29) is 18.1 Å². The van der Waals surface area contributed by atoms with Crippen molar-refractivity contribution in [2.24, 2.45) is 0 Å². The van der Waals surface area contributed by atoms with Gasteiger partial charge in [-0.15, -0.1) is 16.4 Å². The SMILES string of the molecule is Nc1c(C(=O)NCc2cccs2)nnn1CC(=O)Nc1cccc(F)c1. The molecule has 0 bridgehead atoms. The first-order valence-corrected chi connectivity index (χ1v) is 8.46. The molecule has 0 aliphatic heterocycles. The fourth-order valence-electron chi connectivity index (χ4n) is 2.17. The van der Waals surface area contributed by atoms with E-state index in [4.69, 9.17) is 5.73 Å². The van der Waals surface area contributed by atoms with Gasteiger partial charge in [0.15, 0.2) is 11.5 Å². The zero-order chi connectivity index (χ0) is 18.5. The van der Waals surface area contributed by atoms with Gasteiger partial charge >= 0.3 is 0 Å². The Hall–Kier alpha value is -3.27. The van der Waals surface area contributed by atoms with E-state index >= 15 is 0 Å². The number of rotatable bonds is 6. The number of thiophene rings is 1. The van der Waals surface area contributed by atoms with Crippen molar-refractivity contribution >= 4 is 34.7 Å². The van der Waals surface area contributed by atoms with E-state index in [1.54, 1.807) is 6.07 Å². The Morgan fingerprint density at radius 3 is 2.85 bits per heavy atom. The van der Waals surface area contributed by atoms with Crippen LogP contribution < -0.4 is 16.4 Å². The lowest BCUT2D eigenvalue weighted by Crippen LogP contribution is -2.24. The number of carbonyl (C=O) groups is 2. The fourth-order valence-corrected chi connectivity index (χ4v) is 2.81. The van der Waals surface area contributed by atoms with Gasteiger partial charge < -0.3 is 16.4 Å². The van der Waals surface area contributed by atoms with E-state index < -0.39 is 17.6 Å². The van der Waals surface area contributed by atoms with Gasteiger partial charge in [0.05, 0.1) is 6.54 Å². The van der Waals surface area contributed by atoms with Crippen LogP contribution in [0.3, 0.4) is 0 Å². The Kier molecular flexibility index (Phi) is 5.23. The Balaban J connectivity index is 1.61. The van der Waals surface area contributed by atoms with Gasteiger partial charge in [0.1, 0.15) is 12.4 Å². The number of nitrogen functional groups attached to an aromatic ring is 1. The highest BCUT2D eigenvalue weighted by atomic mass is 32.1. The van der Waals surface area contributed by atoms with Gasteiger partial charge in [-0.2, -0.15) is 0 Å². The van der Waals surface area contributed by atoms with Crippen molar-refractivity contribution in [2.45, 2.75) is 13.1 Å². The van der Waals surface area contributed by atoms with Gasteiger partial charge in [-0.25, -0.2) is 9.07 Å². The van der Waals surface area contributed by atoms with E-state index in [1.807, 2.05) is 17.5 Å². The number of carbonyl (C=O) groups excluding carboxylic acids is 2. The molecular formula is C16H15FN6O2S. The lowest BCUT2D eigenvalue weighted by molar-refractivity contribution is -0.116. The largest absolute Gasteiger partial charge is 0.382 e. The van der Waals surface area contributed by atoms with Crippen LogP contribution in [-0.4, -0.2) is 26.8 Å². The summed E-state index contributed by atoms with van der Waals surface area (Å²) in [4.78, 5) is 25.2. The Morgan fingerprint density at radius 2 is 2.12 bits per heavy atom. The van der Waals surface area contributed by atoms with Crippen molar-refractivity contribution in [3.63, 3.8) is 0 Å². The molecule has 0 aliphatic carbocycles. The first-order chi connectivity index (χ1) is 12.5. The molecular weight excluding hydrogens is 359 g/mol. The second-order valence-corrected chi connectivity index (χ2v) is 6.33. The molecule has 134 valence electrons. The van der Waals surface area contributed by atoms with Crippen molar-refractivity contribution < 1.29 is 14.0 Å². The second-order valence-electron chi connectivity index (χ2n) is 5.30. The summed E-state index contributed by atoms with van der Waals surface area (Å²) < 4.78 is 14.2. The number of halogens is 1. The summed E-state index contributed by atoms with van der Waals surface area (Å²) in [5, 5.41) is 14.6. The Morgan fingerprint density at radius 1 is 1.27 bits per heavy atom. The highest BCUT2D eigenvalue weighted by Crippen LogP contribution is 2.12. The number of benzene rings is 1. The third-order valence-electron chi connectivity index (χ3n) is 3.39. The van der Waals surface area contributed by atoms with E-state index in [2.05, 4.69) is 20.9 Å². The van der Waals surface area contributed by atoms with Crippen LogP contribution in [0, 0.1) is 5.82 Å². The molecule has 3 aromatic rings. The Bertz CT molecular complexity index is 925. The molecule has 1 aromatic carbocycles. The zero-order valence-corrected chi connectivity index (χ0v) is 14.3. The maximum absolute atomic E-state index is 13.1. The fraction of sp³-hybridized carbons (Fsp3) is 0.125. The normalized spacial score (nSPS) is 10.5. The first-order valence-electron chi connectivity index (χ1n) is 7.58. The number of amides is 2. The number of nitrogens with two attached hydrogens (primary N) is 1. The molecule has 0 fully saturated rings. The lowest BCUT2D eigenvalue weighted by Gasteiger charge is -2.06. The minimum atomic E-state index is -0.479. The maximum Gasteiger partial charge on any atom is 0.276 e. The summed E-state index contributed by atoms with van der Waals surface area (Å²) in [6, 6.07) is 9.26. The minimum Gasteiger partial charge on any atom is -0.382 e. The maximum atomic E-state index is 13.1. The smallest absolute Gasteiger partial charge is 0.276 e. The monoisotopic (exact) mass is 374 g/mol. The standard InChI is InChI=1S/C16H15FN6O2S/c17-10-3-1-4-11(7-10)20-13(24)9-23-15(18)14(21-22-23)16(25)19-8-12-5-2-6-26-12/h1-7H,8-9,18H2,(H,19,25)(H,20,24). The molecule has 8 nitrogen and oxygen atoms in total. The molecule has 3 rings (SSSR count). The number of aromatic nitrogens is 3. The molecule has 4 N–H and O–H groups in total. The molecule has 0 unspecified atom stereocenters. The van der Waals surface area contributed by atoms with Crippen LogP contribution in [0.5, 0.6) is 0 Å². The highest BCUT2D eigenvalue weighted by molar-refractivity contribution is 7.09. The quantitative estimate of drug-likeness (QED) is 0.607. The average Bonchev–Trinajstić information content (AvgIpc) is 3.23. The molecule has 2 amide bonds. The Labute approximate surface area is 151 Å². The number of nitrogens with one attached hydrogen (secondary N) is 2. The lowest BCUT2D eigenvalue weighted by atomic mass is 10.3. The summed E-state index contributed by atoms with van der Waals surface area (Å²) in [5.41, 5.74) is 6.11. The summed E-state index contributed by atoms with van der Waals surface area (Å²) in [6.45, 7) is 0.0937. The summed E-state index contributed by atoms with van der Waals surface area (Å²) in [7, 11) is 0. The van der Waals surface area contributed by atoms with E-state index in [0.29, 0.717) is 12.2 Å². The molecule has 0 spiro atoms. The third kappa shape index (κ3) is 4.22. The molecule has 0 saturated heterocycles. The van der Waals surface area contributed by atoms with Crippen LogP contribution in [-0.2, 0) is 17.9 Å². The van der Waals surface area contributed by atoms with Gasteiger partial charge in [0, 0.05) is 10.6 Å². The number of hydrogen-bond donors (Lipinski definition) is 3. The molecule has 0 saturated carbocycles. The highest BCUT2D eigenvalue weighted by Gasteiger charge is 2.19. The van der Waals surface area contributed by atoms with Crippen LogP contribution in [0.25, 0.3) is 0 Å². The van der Waals surface area contributed by atoms with Gasteiger partial charge in [0.25, 0.3) is 5.91 Å². The van der Waals surface area contributed by atoms with Gasteiger partial charge in [0.2, 0.25) is 5.91 Å². The predicted molar refractivity (Wildman–Crippen MR) is 95.0 cm³/mol. The van der Waals surface area contributed by atoms with Crippen molar-refractivity contribution in [1.29, 1.82) is 0 Å². The minimum absolute atomic E-state index is 0.0249. The number of hydrogen-bond acceptors (Lipinski definition) is 6. The molecule has 2 aromatic heterocycles. The van der Waals surface area contributed by atoms with E-state index in [1.165, 1.54) is 29.5 Å². The molecule has 0 aliphatic rings. The second kappa shape index (κ2) is 7.74. The van der Waals surface area contributed by atoms with Crippen LogP contribution in [0.15, 0.2) is 41.8 Å². The van der Waals surface area contributed by atoms with Gasteiger partial charge in [-0.05, 0) is 29.6 Å². The summed E-state index contributed by atoms with van der Waals surface area (Å²) in [5.74, 6) is -1.44. The van der Waals surface area contributed by atoms with Crippen molar-refractivity contribution in [3.8, 4) is 0 Å². The predicted octanol–water partition coefficient (Wildman–Crippen LogP) is 1.63. The molecule has 0 radical (unpaired) electrons. The van der Waals surface area contributed by atoms with Crippen molar-refractivity contribution in [2.75, 3.05) is 11.1 Å². The number of nitrogens with zero attached hydrogens (tertiary/aromatic N) is 3. The summed E-state index contributed by atoms with van der Waals surface area (Å²) >= 11 is 1.51. The van der Waals surface area contributed by atoms with Gasteiger partial charge in [-0.3, -0.25) is 9.59 Å². The van der Waals surface area contributed by atoms with Crippen molar-refractivity contribution in [3.05, 3.63) is 58.2 Å². The van der Waals surface area contributed by atoms with E-state index in [0.717, 1.165) is 9.56 Å². The van der Waals surface area contributed by atoms with Crippen molar-refractivity contribution in [1.82, 2.24) is 20.3 Å². The molecule has 26 heavy (non-hydrogen) atoms.